The molecule has 0 saturated carbocycles. The predicted octanol–water partition coefficient (Wildman–Crippen LogP) is 3.79. The van der Waals surface area contributed by atoms with Crippen molar-refractivity contribution >= 4 is 16.7 Å². The van der Waals surface area contributed by atoms with Crippen LogP contribution in [0.5, 0.6) is 0 Å². The van der Waals surface area contributed by atoms with Crippen LogP contribution in [-0.2, 0) is 17.8 Å². The Morgan fingerprint density at radius 2 is 1.93 bits per heavy atom. The number of benzene rings is 2. The molecule has 1 aromatic heterocycles. The summed E-state index contributed by atoms with van der Waals surface area (Å²) in [6.45, 7) is 6.11. The average molecular weight is 389 g/mol. The molecule has 4 rings (SSSR count). The van der Waals surface area contributed by atoms with Crippen LogP contribution in [-0.4, -0.2) is 35.4 Å². The zero-order valence-corrected chi connectivity index (χ0v) is 16.9. The molecular weight excluding hydrogens is 360 g/mol. The Hall–Kier alpha value is -2.81. The SMILES string of the molecule is CCn1c(C#CCNc2ccccc2)nc2c(CNC3CCOCC3)cccc21. The van der Waals surface area contributed by atoms with Gasteiger partial charge in [0, 0.05) is 38.0 Å². The number of fused-ring (bicyclic) bond motifs is 1. The molecule has 2 heterocycles. The van der Waals surface area contributed by atoms with Crippen molar-refractivity contribution < 1.29 is 4.74 Å². The number of rotatable bonds is 6. The number of anilines is 1. The normalized spacial score (nSPS) is 14.5. The van der Waals surface area contributed by atoms with Gasteiger partial charge in [-0.2, -0.15) is 0 Å². The Bertz CT molecular complexity index is 994. The van der Waals surface area contributed by atoms with E-state index in [1.165, 1.54) is 5.56 Å². The Balaban J connectivity index is 1.50. The van der Waals surface area contributed by atoms with E-state index in [0.717, 1.165) is 61.7 Å². The van der Waals surface area contributed by atoms with Crippen molar-refractivity contribution in [2.45, 2.75) is 38.9 Å². The van der Waals surface area contributed by atoms with E-state index in [0.29, 0.717) is 12.6 Å². The number of ether oxygens (including phenoxy) is 1. The Morgan fingerprint density at radius 1 is 1.10 bits per heavy atom. The van der Waals surface area contributed by atoms with Crippen LogP contribution in [0.1, 0.15) is 31.2 Å². The first-order valence-electron chi connectivity index (χ1n) is 10.4. The van der Waals surface area contributed by atoms with Gasteiger partial charge in [0.1, 0.15) is 0 Å². The fourth-order valence-corrected chi connectivity index (χ4v) is 3.74. The van der Waals surface area contributed by atoms with Gasteiger partial charge in [0.15, 0.2) is 5.82 Å². The number of imidazole rings is 1. The number of para-hydroxylation sites is 2. The van der Waals surface area contributed by atoms with Crippen LogP contribution >= 0.6 is 0 Å². The van der Waals surface area contributed by atoms with Crippen molar-refractivity contribution in [1.29, 1.82) is 0 Å². The lowest BCUT2D eigenvalue weighted by molar-refractivity contribution is 0.0776. The zero-order chi connectivity index (χ0) is 19.9. The molecular formula is C24H28N4O. The number of aromatic nitrogens is 2. The van der Waals surface area contributed by atoms with Gasteiger partial charge in [-0.1, -0.05) is 36.3 Å². The number of nitrogens with one attached hydrogen (secondary N) is 2. The standard InChI is InChI=1S/C24H28N4O/c1-2-28-22-11-6-8-19(18-26-21-13-16-29-17-14-21)24(22)27-23(28)12-7-15-25-20-9-4-3-5-10-20/h3-6,8-11,21,25-26H,2,13-18H2,1H3. The number of hydrogen-bond acceptors (Lipinski definition) is 4. The molecule has 29 heavy (non-hydrogen) atoms. The van der Waals surface area contributed by atoms with Crippen molar-refractivity contribution in [3.8, 4) is 11.8 Å². The van der Waals surface area contributed by atoms with Crippen LogP contribution in [0, 0.1) is 11.8 Å². The van der Waals surface area contributed by atoms with E-state index < -0.39 is 0 Å². The molecule has 5 nitrogen and oxygen atoms in total. The van der Waals surface area contributed by atoms with Gasteiger partial charge >= 0.3 is 0 Å². The first-order chi connectivity index (χ1) is 14.3. The largest absolute Gasteiger partial charge is 0.381 e. The average Bonchev–Trinajstić information content (AvgIpc) is 3.14. The molecule has 0 radical (unpaired) electrons. The zero-order valence-electron chi connectivity index (χ0n) is 16.9. The van der Waals surface area contributed by atoms with Gasteiger partial charge in [0.25, 0.3) is 0 Å². The predicted molar refractivity (Wildman–Crippen MR) is 118 cm³/mol. The van der Waals surface area contributed by atoms with Gasteiger partial charge in [0.2, 0.25) is 0 Å². The van der Waals surface area contributed by atoms with Crippen molar-refractivity contribution in [2.75, 3.05) is 25.1 Å². The van der Waals surface area contributed by atoms with Gasteiger partial charge < -0.3 is 19.9 Å². The second-order valence-corrected chi connectivity index (χ2v) is 7.25. The molecule has 0 spiro atoms. The summed E-state index contributed by atoms with van der Waals surface area (Å²) in [5.74, 6) is 7.30. The molecule has 1 saturated heterocycles. The molecule has 0 atom stereocenters. The molecule has 2 aromatic carbocycles. The molecule has 1 aliphatic rings. The van der Waals surface area contributed by atoms with E-state index in [1.54, 1.807) is 0 Å². The second kappa shape index (κ2) is 9.60. The van der Waals surface area contributed by atoms with Gasteiger partial charge in [-0.3, -0.25) is 0 Å². The summed E-state index contributed by atoms with van der Waals surface area (Å²) in [6.07, 6.45) is 2.15. The van der Waals surface area contributed by atoms with Gasteiger partial charge in [-0.25, -0.2) is 4.98 Å². The summed E-state index contributed by atoms with van der Waals surface area (Å²) >= 11 is 0. The minimum absolute atomic E-state index is 0.524. The summed E-state index contributed by atoms with van der Waals surface area (Å²) in [6, 6.07) is 17.1. The first-order valence-corrected chi connectivity index (χ1v) is 10.4. The van der Waals surface area contributed by atoms with Crippen molar-refractivity contribution in [3.05, 3.63) is 59.9 Å². The number of aryl methyl sites for hydroxylation is 1. The van der Waals surface area contributed by atoms with Crippen LogP contribution in [0.3, 0.4) is 0 Å². The Labute approximate surface area is 172 Å². The van der Waals surface area contributed by atoms with E-state index >= 15 is 0 Å². The summed E-state index contributed by atoms with van der Waals surface area (Å²) in [5, 5.41) is 7.00. The highest BCUT2D eigenvalue weighted by atomic mass is 16.5. The fourth-order valence-electron chi connectivity index (χ4n) is 3.74. The van der Waals surface area contributed by atoms with E-state index in [4.69, 9.17) is 9.72 Å². The second-order valence-electron chi connectivity index (χ2n) is 7.25. The summed E-state index contributed by atoms with van der Waals surface area (Å²) < 4.78 is 7.65. The molecule has 3 aromatic rings. The quantitative estimate of drug-likeness (QED) is 0.631. The summed E-state index contributed by atoms with van der Waals surface area (Å²) in [4.78, 5) is 4.89. The van der Waals surface area contributed by atoms with Gasteiger partial charge in [-0.15, -0.1) is 0 Å². The van der Waals surface area contributed by atoms with Crippen LogP contribution in [0.25, 0.3) is 11.0 Å². The maximum Gasteiger partial charge on any atom is 0.186 e. The topological polar surface area (TPSA) is 51.1 Å². The van der Waals surface area contributed by atoms with Crippen LogP contribution in [0.15, 0.2) is 48.5 Å². The molecule has 0 amide bonds. The highest BCUT2D eigenvalue weighted by Crippen LogP contribution is 2.21. The summed E-state index contributed by atoms with van der Waals surface area (Å²) in [5.41, 5.74) is 4.51. The maximum absolute atomic E-state index is 5.45. The maximum atomic E-state index is 5.45. The first kappa shape index (κ1) is 19.5. The fraction of sp³-hybridized carbons (Fsp3) is 0.375. The summed E-state index contributed by atoms with van der Waals surface area (Å²) in [7, 11) is 0. The molecule has 2 N–H and O–H groups in total. The minimum Gasteiger partial charge on any atom is -0.381 e. The van der Waals surface area contributed by atoms with E-state index in [9.17, 15) is 0 Å². The molecule has 1 aliphatic heterocycles. The third-order valence-corrected chi connectivity index (χ3v) is 5.34. The highest BCUT2D eigenvalue weighted by molar-refractivity contribution is 5.80. The molecule has 0 aliphatic carbocycles. The van der Waals surface area contributed by atoms with Crippen molar-refractivity contribution in [1.82, 2.24) is 14.9 Å². The third-order valence-electron chi connectivity index (χ3n) is 5.34. The number of hydrogen-bond donors (Lipinski definition) is 2. The van der Waals surface area contributed by atoms with Crippen LogP contribution in [0.2, 0.25) is 0 Å². The van der Waals surface area contributed by atoms with Crippen molar-refractivity contribution in [3.63, 3.8) is 0 Å². The number of nitrogens with zero attached hydrogens (tertiary/aromatic N) is 2. The lowest BCUT2D eigenvalue weighted by atomic mass is 10.1. The highest BCUT2D eigenvalue weighted by Gasteiger charge is 2.15. The molecule has 0 bridgehead atoms. The molecule has 150 valence electrons. The molecule has 1 fully saturated rings. The molecule has 5 heteroatoms. The van der Waals surface area contributed by atoms with E-state index in [1.807, 2.05) is 30.3 Å². The molecule has 0 unspecified atom stereocenters. The van der Waals surface area contributed by atoms with Gasteiger partial charge in [-0.05, 0) is 49.4 Å². The minimum atomic E-state index is 0.524. The lowest BCUT2D eigenvalue weighted by Crippen LogP contribution is -2.34. The van der Waals surface area contributed by atoms with E-state index in [2.05, 4.69) is 52.2 Å². The monoisotopic (exact) mass is 388 g/mol. The third kappa shape index (κ3) is 4.79. The van der Waals surface area contributed by atoms with Crippen LogP contribution < -0.4 is 10.6 Å². The Morgan fingerprint density at radius 3 is 2.72 bits per heavy atom. The Kier molecular flexibility index (Phi) is 6.45. The lowest BCUT2D eigenvalue weighted by Gasteiger charge is -2.23. The van der Waals surface area contributed by atoms with Gasteiger partial charge in [0.05, 0.1) is 17.6 Å². The van der Waals surface area contributed by atoms with Crippen molar-refractivity contribution in [2.24, 2.45) is 0 Å². The smallest absolute Gasteiger partial charge is 0.186 e. The van der Waals surface area contributed by atoms with E-state index in [-0.39, 0.29) is 0 Å². The van der Waals surface area contributed by atoms with Crippen LogP contribution in [0.4, 0.5) is 5.69 Å².